The molecule has 5 N–H and O–H groups in total. The highest BCUT2D eigenvalue weighted by atomic mass is 32.1. The SMILES string of the molecule is CC(C)(C)[C@H](NC(=O)c1cc2cc(C(F)(F)P(=O)(O)O)ccc2s1)C(=O)N1Cc2cc(OCC(=O)NCCCCCCCCC#Cc3ccc4c(c3)C(=O)N(C3CCC(=O)NC3=O)C4=O)ccc2C[C@H]1C(=O)N1CCC[C@H](c2ccccc2)C1. The van der Waals surface area contributed by atoms with Crippen LogP contribution in [0.4, 0.5) is 8.78 Å². The van der Waals surface area contributed by atoms with Gasteiger partial charge >= 0.3 is 13.3 Å². The second-order valence-electron chi connectivity index (χ2n) is 22.9. The van der Waals surface area contributed by atoms with Crippen molar-refractivity contribution < 1.29 is 66.2 Å². The number of nitrogens with zero attached hydrogens (tertiary/aromatic N) is 3. The lowest BCUT2D eigenvalue weighted by atomic mass is 9.83. The second-order valence-corrected chi connectivity index (χ2v) is 25.6. The number of rotatable bonds is 19. The smallest absolute Gasteiger partial charge is 0.399 e. The van der Waals surface area contributed by atoms with Crippen molar-refractivity contribution in [1.82, 2.24) is 30.7 Å². The zero-order valence-electron chi connectivity index (χ0n) is 46.9. The zero-order valence-corrected chi connectivity index (χ0v) is 48.6. The average Bonchev–Trinajstić information content (AvgIpc) is 1.74. The van der Waals surface area contributed by atoms with E-state index in [2.05, 4.69) is 27.8 Å². The Morgan fingerprint density at radius 1 is 0.857 bits per heavy atom. The van der Waals surface area contributed by atoms with Crippen molar-refractivity contribution in [1.29, 1.82) is 0 Å². The molecule has 4 aliphatic heterocycles. The fourth-order valence-corrected chi connectivity index (χ4v) is 12.6. The maximum Gasteiger partial charge on any atom is 0.399 e. The Morgan fingerprint density at radius 2 is 1.60 bits per heavy atom. The van der Waals surface area contributed by atoms with Crippen LogP contribution in [0.25, 0.3) is 10.1 Å². The van der Waals surface area contributed by atoms with Gasteiger partial charge in [-0.15, -0.1) is 11.3 Å². The van der Waals surface area contributed by atoms with Crippen molar-refractivity contribution >= 4 is 76.3 Å². The van der Waals surface area contributed by atoms with Crippen molar-refractivity contribution in [3.8, 4) is 17.6 Å². The summed E-state index contributed by atoms with van der Waals surface area (Å²) in [7, 11) is -5.86. The number of likely N-dealkylation sites (tertiary alicyclic amines) is 1. The van der Waals surface area contributed by atoms with Gasteiger partial charge in [-0.25, -0.2) is 0 Å². The number of benzene rings is 4. The van der Waals surface area contributed by atoms with Crippen molar-refractivity contribution in [2.75, 3.05) is 26.2 Å². The number of nitrogens with one attached hydrogen (secondary N) is 3. The van der Waals surface area contributed by atoms with E-state index in [9.17, 15) is 56.7 Å². The third-order valence-electron chi connectivity index (χ3n) is 15.8. The van der Waals surface area contributed by atoms with E-state index in [4.69, 9.17) is 4.74 Å². The number of carbonyl (C=O) groups excluding carboxylic acids is 8. The molecule has 9 rings (SSSR count). The lowest BCUT2D eigenvalue weighted by Gasteiger charge is -2.43. The Morgan fingerprint density at radius 3 is 2.33 bits per heavy atom. The van der Waals surface area contributed by atoms with Gasteiger partial charge in [-0.3, -0.25) is 53.1 Å². The first-order valence-electron chi connectivity index (χ1n) is 28.3. The first-order valence-corrected chi connectivity index (χ1v) is 30.7. The number of thiophene rings is 1. The number of alkyl halides is 2. The van der Waals surface area contributed by atoms with E-state index >= 15 is 4.79 Å². The van der Waals surface area contributed by atoms with Crippen molar-refractivity contribution in [2.45, 2.75) is 134 Å². The monoisotopic (exact) mass is 1190 g/mol. The van der Waals surface area contributed by atoms with Gasteiger partial charge in [0.25, 0.3) is 23.6 Å². The molecular weight excluding hydrogens is 1120 g/mol. The van der Waals surface area contributed by atoms with E-state index in [0.717, 1.165) is 90.9 Å². The van der Waals surface area contributed by atoms with E-state index in [1.807, 2.05) is 41.3 Å². The third-order valence-corrected chi connectivity index (χ3v) is 17.9. The van der Waals surface area contributed by atoms with Crippen molar-refractivity contribution in [2.24, 2.45) is 5.41 Å². The van der Waals surface area contributed by atoms with Crippen LogP contribution in [-0.4, -0.2) is 116 Å². The number of piperidine rings is 2. The van der Waals surface area contributed by atoms with Crippen LogP contribution in [0.3, 0.4) is 0 Å². The van der Waals surface area contributed by atoms with Gasteiger partial charge in [0.15, 0.2) is 6.61 Å². The predicted octanol–water partition coefficient (Wildman–Crippen LogP) is 8.31. The van der Waals surface area contributed by atoms with E-state index in [1.165, 1.54) is 17.0 Å². The van der Waals surface area contributed by atoms with Gasteiger partial charge < -0.3 is 35.0 Å². The molecule has 22 heteroatoms. The summed E-state index contributed by atoms with van der Waals surface area (Å²) in [6.07, 6.45) is 8.03. The number of imide groups is 2. The third kappa shape index (κ3) is 13.8. The van der Waals surface area contributed by atoms with Crippen LogP contribution in [-0.2, 0) is 47.2 Å². The van der Waals surface area contributed by atoms with Gasteiger partial charge in [0.05, 0.1) is 16.0 Å². The molecule has 1 aromatic heterocycles. The standard InChI is InChI=1S/C62H67F2N6O12PS/c1-61(2,3)54(67-56(74)51-34-42-31-44(22-26-50(42)84-51)62(63,64)83(79,80)81)60(78)69-36-43-32-45(23-21-40(43)33-49(69)59(77)68-29-15-19-41(35-68)39-17-12-10-13-18-39)82-37-53(72)65-28-14-9-7-5-4-6-8-11-16-38-20-24-46-47(30-38)58(76)70(57(46)75)48-25-27-52(71)66-55(48)73/h10,12-13,17-18,20-24,26,30-32,34,41,48-49,54H,4-9,14-15,19,25,27-29,33,35-37H2,1-3H3,(H,65,72)(H,67,74)(H,66,71,73)(H2,79,80,81)/t41-,48?,49-,54+/m0/s1. The minimum atomic E-state index is -5.86. The molecule has 4 aromatic carbocycles. The summed E-state index contributed by atoms with van der Waals surface area (Å²) in [6, 6.07) is 21.4. The fourth-order valence-electron chi connectivity index (χ4n) is 11.2. The molecule has 4 aliphatic rings. The first kappa shape index (κ1) is 60.9. The highest BCUT2D eigenvalue weighted by molar-refractivity contribution is 7.52. The maximum absolute atomic E-state index is 15.2. The van der Waals surface area contributed by atoms with Crippen LogP contribution >= 0.6 is 18.9 Å². The Kier molecular flexibility index (Phi) is 18.6. The molecule has 0 saturated carbocycles. The minimum Gasteiger partial charge on any atom is -0.484 e. The number of fused-ring (bicyclic) bond motifs is 3. The molecule has 0 aliphatic carbocycles. The Labute approximate surface area is 489 Å². The molecule has 4 atom stereocenters. The second kappa shape index (κ2) is 25.7. The molecule has 5 aromatic rings. The van der Waals surface area contributed by atoms with Gasteiger partial charge in [0, 0.05) is 67.2 Å². The lowest BCUT2D eigenvalue weighted by molar-refractivity contribution is -0.150. The summed E-state index contributed by atoms with van der Waals surface area (Å²) in [6.45, 7) is 6.48. The molecule has 8 amide bonds. The number of hydrogen-bond donors (Lipinski definition) is 5. The summed E-state index contributed by atoms with van der Waals surface area (Å²) >= 11 is 0.963. The summed E-state index contributed by atoms with van der Waals surface area (Å²) in [5.74, 6) is 2.72. The number of carbonyl (C=O) groups is 8. The van der Waals surface area contributed by atoms with Crippen molar-refractivity contribution in [3.63, 3.8) is 0 Å². The number of ether oxygens (including phenoxy) is 1. The predicted molar refractivity (Wildman–Crippen MR) is 309 cm³/mol. The summed E-state index contributed by atoms with van der Waals surface area (Å²) in [5, 5.41) is 8.14. The minimum absolute atomic E-state index is 0.0162. The van der Waals surface area contributed by atoms with E-state index in [-0.39, 0.29) is 71.5 Å². The van der Waals surface area contributed by atoms with E-state index < -0.39 is 77.8 Å². The van der Waals surface area contributed by atoms with Crippen LogP contribution in [0.1, 0.15) is 156 Å². The Bertz CT molecular complexity index is 3520. The van der Waals surface area contributed by atoms with Gasteiger partial charge in [-0.1, -0.05) is 101 Å². The van der Waals surface area contributed by atoms with Gasteiger partial charge in [-0.05, 0) is 108 Å². The number of halogens is 2. The molecule has 18 nitrogen and oxygen atoms in total. The molecular formula is C62H67F2N6O12PS. The summed E-state index contributed by atoms with van der Waals surface area (Å²) < 4.78 is 47.3. The molecule has 442 valence electrons. The molecule has 0 bridgehead atoms. The van der Waals surface area contributed by atoms with Crippen LogP contribution in [0.2, 0.25) is 0 Å². The molecule has 2 fully saturated rings. The number of unbranched alkanes of at least 4 members (excludes halogenated alkanes) is 6. The Hall–Kier alpha value is -7.63. The molecule has 0 spiro atoms. The van der Waals surface area contributed by atoms with Crippen LogP contribution in [0.15, 0.2) is 91.0 Å². The summed E-state index contributed by atoms with van der Waals surface area (Å²) in [4.78, 5) is 130. The fraction of sp³-hybridized carbons (Fsp3) is 0.419. The van der Waals surface area contributed by atoms with Gasteiger partial charge in [0.2, 0.25) is 23.6 Å². The van der Waals surface area contributed by atoms with E-state index in [1.54, 1.807) is 51.1 Å². The zero-order chi connectivity index (χ0) is 60.1. The largest absolute Gasteiger partial charge is 0.484 e. The Balaban J connectivity index is 0.772. The lowest BCUT2D eigenvalue weighted by Crippen LogP contribution is -2.61. The van der Waals surface area contributed by atoms with Crippen LogP contribution in [0.5, 0.6) is 5.75 Å². The molecule has 1 unspecified atom stereocenters. The number of amides is 8. The van der Waals surface area contributed by atoms with Crippen LogP contribution in [0, 0.1) is 17.3 Å². The highest BCUT2D eigenvalue weighted by Crippen LogP contribution is 2.59. The topological polar surface area (TPSA) is 249 Å². The van der Waals surface area contributed by atoms with Gasteiger partial charge in [0.1, 0.15) is 23.9 Å². The normalized spacial score (nSPS) is 18.6. The maximum atomic E-state index is 15.2. The van der Waals surface area contributed by atoms with Crippen molar-refractivity contribution in [3.05, 3.63) is 135 Å². The van der Waals surface area contributed by atoms with E-state index in [0.29, 0.717) is 47.6 Å². The average molecular weight is 1190 g/mol. The van der Waals surface area contributed by atoms with Crippen LogP contribution < -0.4 is 20.7 Å². The van der Waals surface area contributed by atoms with Gasteiger partial charge in [-0.2, -0.15) is 8.78 Å². The molecule has 2 saturated heterocycles. The summed E-state index contributed by atoms with van der Waals surface area (Å²) in [5.41, 5.74) is -2.67. The first-order chi connectivity index (χ1) is 40.0. The quantitative estimate of drug-likeness (QED) is 0.0227. The molecule has 0 radical (unpaired) electrons. The number of hydrogen-bond acceptors (Lipinski definition) is 11. The highest BCUT2D eigenvalue weighted by Gasteiger charge is 2.51. The molecule has 5 heterocycles. The molecule has 84 heavy (non-hydrogen) atoms.